The number of hydrogen-bond donors (Lipinski definition) is 3. The highest BCUT2D eigenvalue weighted by atomic mass is 16.5. The Hall–Kier alpha value is -2.89. The van der Waals surface area contributed by atoms with Crippen LogP contribution in [0.15, 0.2) is 41.4 Å². The Bertz CT molecular complexity index is 821. The zero-order valence-electron chi connectivity index (χ0n) is 16.6. The van der Waals surface area contributed by atoms with Crippen molar-refractivity contribution in [3.8, 4) is 17.2 Å². The van der Waals surface area contributed by atoms with E-state index in [0.29, 0.717) is 18.7 Å². The van der Waals surface area contributed by atoms with Gasteiger partial charge in [0.25, 0.3) is 0 Å². The fourth-order valence-electron chi connectivity index (χ4n) is 3.23. The molecule has 6 nitrogen and oxygen atoms in total. The van der Waals surface area contributed by atoms with Crippen molar-refractivity contribution in [2.24, 2.45) is 4.99 Å². The standard InChI is InChI=1S/C22H29N3O3/c1-3-23-22(25-12-9-17-5-6-19(27-2)15-20(17)26)24-11-8-16-4-7-21-18(14-16)10-13-28-21/h4-7,14-15,26H,3,8-13H2,1-2H3,(H2,23,24,25). The number of aliphatic imine (C=N–C) groups is 1. The summed E-state index contributed by atoms with van der Waals surface area (Å²) in [5.41, 5.74) is 3.47. The van der Waals surface area contributed by atoms with Crippen LogP contribution in [-0.2, 0) is 19.3 Å². The summed E-state index contributed by atoms with van der Waals surface area (Å²) in [5.74, 6) is 2.71. The fraction of sp³-hybridized carbons (Fsp3) is 0.409. The van der Waals surface area contributed by atoms with Crippen LogP contribution in [0.1, 0.15) is 23.6 Å². The Labute approximate surface area is 166 Å². The van der Waals surface area contributed by atoms with Crippen LogP contribution in [0.25, 0.3) is 0 Å². The number of ether oxygens (including phenoxy) is 2. The molecular weight excluding hydrogens is 354 g/mol. The van der Waals surface area contributed by atoms with Gasteiger partial charge in [-0.15, -0.1) is 0 Å². The lowest BCUT2D eigenvalue weighted by atomic mass is 10.1. The second-order valence-electron chi connectivity index (χ2n) is 6.72. The largest absolute Gasteiger partial charge is 0.508 e. The van der Waals surface area contributed by atoms with Gasteiger partial charge in [0.05, 0.1) is 13.7 Å². The van der Waals surface area contributed by atoms with Crippen LogP contribution >= 0.6 is 0 Å². The van der Waals surface area contributed by atoms with Gasteiger partial charge in [0, 0.05) is 32.1 Å². The van der Waals surface area contributed by atoms with Gasteiger partial charge in [0.15, 0.2) is 5.96 Å². The van der Waals surface area contributed by atoms with E-state index in [1.807, 2.05) is 19.1 Å². The van der Waals surface area contributed by atoms with Gasteiger partial charge < -0.3 is 25.2 Å². The molecule has 3 N–H and O–H groups in total. The highest BCUT2D eigenvalue weighted by Crippen LogP contribution is 2.26. The minimum absolute atomic E-state index is 0.244. The SMILES string of the molecule is CCNC(=NCCc1ccc(OC)cc1O)NCCc1ccc2c(c1)CCO2. The number of phenolic OH excluding ortho intramolecular Hbond substituents is 1. The van der Waals surface area contributed by atoms with Gasteiger partial charge in [0.2, 0.25) is 0 Å². The van der Waals surface area contributed by atoms with Gasteiger partial charge >= 0.3 is 0 Å². The molecule has 1 heterocycles. The van der Waals surface area contributed by atoms with Gasteiger partial charge in [-0.1, -0.05) is 18.2 Å². The highest BCUT2D eigenvalue weighted by Gasteiger charge is 2.11. The molecule has 0 unspecified atom stereocenters. The third kappa shape index (κ3) is 5.31. The molecule has 0 aromatic heterocycles. The van der Waals surface area contributed by atoms with E-state index in [1.165, 1.54) is 11.1 Å². The number of aromatic hydroxyl groups is 1. The molecule has 0 aliphatic carbocycles. The van der Waals surface area contributed by atoms with E-state index >= 15 is 0 Å². The Kier molecular flexibility index (Phi) is 7.00. The van der Waals surface area contributed by atoms with Crippen LogP contribution < -0.4 is 20.1 Å². The summed E-state index contributed by atoms with van der Waals surface area (Å²) < 4.78 is 10.7. The lowest BCUT2D eigenvalue weighted by molar-refractivity contribution is 0.357. The van der Waals surface area contributed by atoms with Crippen molar-refractivity contribution in [3.05, 3.63) is 53.1 Å². The molecule has 1 aliphatic rings. The van der Waals surface area contributed by atoms with Crippen molar-refractivity contribution < 1.29 is 14.6 Å². The van der Waals surface area contributed by atoms with E-state index in [0.717, 1.165) is 49.8 Å². The molecule has 2 aromatic carbocycles. The van der Waals surface area contributed by atoms with Crippen LogP contribution in [0, 0.1) is 0 Å². The van der Waals surface area contributed by atoms with Crippen molar-refractivity contribution in [2.45, 2.75) is 26.2 Å². The molecule has 0 amide bonds. The average molecular weight is 383 g/mol. The van der Waals surface area contributed by atoms with Crippen molar-refractivity contribution in [3.63, 3.8) is 0 Å². The first-order valence-electron chi connectivity index (χ1n) is 9.82. The molecule has 2 aromatic rings. The number of rotatable bonds is 8. The molecule has 1 aliphatic heterocycles. The number of benzene rings is 2. The second-order valence-corrected chi connectivity index (χ2v) is 6.72. The van der Waals surface area contributed by atoms with Gasteiger partial charge in [-0.25, -0.2) is 0 Å². The van der Waals surface area contributed by atoms with Gasteiger partial charge in [-0.05, 0) is 48.6 Å². The lowest BCUT2D eigenvalue weighted by Crippen LogP contribution is -2.38. The minimum Gasteiger partial charge on any atom is -0.508 e. The smallest absolute Gasteiger partial charge is 0.191 e. The summed E-state index contributed by atoms with van der Waals surface area (Å²) in [4.78, 5) is 4.61. The third-order valence-corrected chi connectivity index (χ3v) is 4.75. The monoisotopic (exact) mass is 383 g/mol. The summed E-state index contributed by atoms with van der Waals surface area (Å²) in [7, 11) is 1.59. The first-order chi connectivity index (χ1) is 13.7. The van der Waals surface area contributed by atoms with Gasteiger partial charge in [0.1, 0.15) is 17.2 Å². The first-order valence-corrected chi connectivity index (χ1v) is 9.82. The quantitative estimate of drug-likeness (QED) is 0.483. The molecule has 0 atom stereocenters. The molecule has 6 heteroatoms. The Balaban J connectivity index is 1.50. The maximum Gasteiger partial charge on any atom is 0.191 e. The molecule has 150 valence electrons. The van der Waals surface area contributed by atoms with E-state index in [-0.39, 0.29) is 5.75 Å². The Morgan fingerprint density at radius 1 is 1.18 bits per heavy atom. The van der Waals surface area contributed by atoms with E-state index in [4.69, 9.17) is 9.47 Å². The number of nitrogens with one attached hydrogen (secondary N) is 2. The normalized spacial score (nSPS) is 13.0. The summed E-state index contributed by atoms with van der Waals surface area (Å²) in [6.45, 7) is 5.03. The maximum atomic E-state index is 10.1. The summed E-state index contributed by atoms with van der Waals surface area (Å²) >= 11 is 0. The zero-order valence-corrected chi connectivity index (χ0v) is 16.6. The van der Waals surface area contributed by atoms with Gasteiger partial charge in [-0.2, -0.15) is 0 Å². The van der Waals surface area contributed by atoms with Crippen LogP contribution in [-0.4, -0.2) is 44.4 Å². The van der Waals surface area contributed by atoms with Crippen molar-refractivity contribution in [1.82, 2.24) is 10.6 Å². The zero-order chi connectivity index (χ0) is 19.8. The lowest BCUT2D eigenvalue weighted by Gasteiger charge is -2.12. The number of fused-ring (bicyclic) bond motifs is 1. The maximum absolute atomic E-state index is 10.1. The highest BCUT2D eigenvalue weighted by molar-refractivity contribution is 5.79. The average Bonchev–Trinajstić information content (AvgIpc) is 3.17. The molecule has 0 spiro atoms. The van der Waals surface area contributed by atoms with Crippen LogP contribution in [0.4, 0.5) is 0 Å². The number of methoxy groups -OCH3 is 1. The predicted octanol–water partition coefficient (Wildman–Crippen LogP) is 2.68. The topological polar surface area (TPSA) is 75.1 Å². The Morgan fingerprint density at radius 3 is 2.86 bits per heavy atom. The van der Waals surface area contributed by atoms with Crippen LogP contribution in [0.3, 0.4) is 0 Å². The Morgan fingerprint density at radius 2 is 2.07 bits per heavy atom. The molecule has 0 radical (unpaired) electrons. The number of nitrogens with zero attached hydrogens (tertiary/aromatic N) is 1. The van der Waals surface area contributed by atoms with Crippen LogP contribution in [0.2, 0.25) is 0 Å². The number of guanidine groups is 1. The molecule has 0 saturated carbocycles. The molecule has 0 fully saturated rings. The second kappa shape index (κ2) is 9.88. The molecule has 3 rings (SSSR count). The minimum atomic E-state index is 0.244. The van der Waals surface area contributed by atoms with E-state index in [1.54, 1.807) is 13.2 Å². The van der Waals surface area contributed by atoms with Gasteiger partial charge in [-0.3, -0.25) is 4.99 Å². The summed E-state index contributed by atoms with van der Waals surface area (Å²) in [6.07, 6.45) is 2.59. The van der Waals surface area contributed by atoms with Crippen LogP contribution in [0.5, 0.6) is 17.2 Å². The van der Waals surface area contributed by atoms with E-state index in [2.05, 4.69) is 33.8 Å². The van der Waals surface area contributed by atoms with E-state index < -0.39 is 0 Å². The fourth-order valence-corrected chi connectivity index (χ4v) is 3.23. The third-order valence-electron chi connectivity index (χ3n) is 4.75. The van der Waals surface area contributed by atoms with E-state index in [9.17, 15) is 5.11 Å². The molecule has 28 heavy (non-hydrogen) atoms. The summed E-state index contributed by atoms with van der Waals surface area (Å²) in [6, 6.07) is 11.8. The number of hydrogen-bond acceptors (Lipinski definition) is 4. The summed E-state index contributed by atoms with van der Waals surface area (Å²) in [5, 5.41) is 16.7. The molecular formula is C22H29N3O3. The van der Waals surface area contributed by atoms with Crippen molar-refractivity contribution in [1.29, 1.82) is 0 Å². The van der Waals surface area contributed by atoms with Crippen molar-refractivity contribution in [2.75, 3.05) is 33.4 Å². The van der Waals surface area contributed by atoms with Crippen molar-refractivity contribution >= 4 is 5.96 Å². The molecule has 0 bridgehead atoms. The predicted molar refractivity (Wildman–Crippen MR) is 112 cm³/mol. The first kappa shape index (κ1) is 19.9. The molecule has 0 saturated heterocycles. The number of phenols is 1.